The standard InChI is InChI=1S/C72H60BN3S2/c1-6-8-21-47-38-69-55(53-27-15-19-31-67(53)77-69)43-62(47)75-61-36-33-46(45-23-11-10-12-24-45)37-58(61)73-57-35-34-50(74-59-29-17-13-25-51(59)52-26-14-18-30-60(52)74)42-64(57)76(66-41-49(72(3,4)5)40-65(75)71(66)73)63-44-56-54-28-16-20-32-68(54)78-70(56)39-48(63)22-9-7-2/h10-20,23-44H,6-9,21-22H2,1-5H3. The molecule has 3 aromatic heterocycles. The summed E-state index contributed by atoms with van der Waals surface area (Å²) in [6.45, 7) is 11.8. The van der Waals surface area contributed by atoms with Crippen molar-refractivity contribution in [2.75, 3.05) is 9.80 Å². The molecule has 5 heterocycles. The predicted molar refractivity (Wildman–Crippen MR) is 342 cm³/mol. The van der Waals surface area contributed by atoms with Gasteiger partial charge in [0.25, 0.3) is 6.71 Å². The zero-order chi connectivity index (χ0) is 52.4. The van der Waals surface area contributed by atoms with E-state index in [0.29, 0.717) is 0 Å². The lowest BCUT2D eigenvalue weighted by Crippen LogP contribution is -2.61. The minimum Gasteiger partial charge on any atom is -0.311 e. The molecule has 15 rings (SSSR count). The van der Waals surface area contributed by atoms with Crippen molar-refractivity contribution in [3.8, 4) is 16.8 Å². The lowest BCUT2D eigenvalue weighted by Gasteiger charge is -2.46. The maximum atomic E-state index is 2.74. The summed E-state index contributed by atoms with van der Waals surface area (Å²) in [7, 11) is 0. The number of hydrogen-bond acceptors (Lipinski definition) is 4. The van der Waals surface area contributed by atoms with Crippen molar-refractivity contribution in [1.82, 2.24) is 4.57 Å². The van der Waals surface area contributed by atoms with Gasteiger partial charge in [-0.3, -0.25) is 0 Å². The zero-order valence-corrected chi connectivity index (χ0v) is 46.7. The minimum absolute atomic E-state index is 0.0630. The molecule has 0 aliphatic carbocycles. The smallest absolute Gasteiger partial charge is 0.252 e. The van der Waals surface area contributed by atoms with Gasteiger partial charge < -0.3 is 14.4 Å². The van der Waals surface area contributed by atoms with Gasteiger partial charge in [0.15, 0.2) is 0 Å². The highest BCUT2D eigenvalue weighted by Crippen LogP contribution is 2.51. The van der Waals surface area contributed by atoms with Gasteiger partial charge in [-0.25, -0.2) is 0 Å². The summed E-state index contributed by atoms with van der Waals surface area (Å²) >= 11 is 3.86. The zero-order valence-electron chi connectivity index (χ0n) is 45.0. The number of nitrogens with zero attached hydrogens (tertiary/aromatic N) is 3. The van der Waals surface area contributed by atoms with Crippen LogP contribution in [0.15, 0.2) is 200 Å². The molecule has 0 unspecified atom stereocenters. The van der Waals surface area contributed by atoms with Crippen molar-refractivity contribution in [2.45, 2.75) is 78.6 Å². The van der Waals surface area contributed by atoms with Crippen LogP contribution in [0.25, 0.3) is 79.0 Å². The Morgan fingerprint density at radius 2 is 0.923 bits per heavy atom. The van der Waals surface area contributed by atoms with E-state index in [-0.39, 0.29) is 12.1 Å². The first-order chi connectivity index (χ1) is 38.2. The summed E-state index contributed by atoms with van der Waals surface area (Å²) in [5.41, 5.74) is 21.6. The Balaban J connectivity index is 1.09. The molecule has 3 nitrogen and oxygen atoms in total. The van der Waals surface area contributed by atoms with Gasteiger partial charge in [0.2, 0.25) is 0 Å². The Morgan fingerprint density at radius 3 is 1.49 bits per heavy atom. The lowest BCUT2D eigenvalue weighted by atomic mass is 9.33. The van der Waals surface area contributed by atoms with E-state index in [9.17, 15) is 0 Å². The molecule has 2 aliphatic rings. The minimum atomic E-state index is -0.169. The van der Waals surface area contributed by atoms with Gasteiger partial charge in [-0.15, -0.1) is 22.7 Å². The van der Waals surface area contributed by atoms with Crippen LogP contribution in [0.3, 0.4) is 0 Å². The van der Waals surface area contributed by atoms with Gasteiger partial charge in [0.1, 0.15) is 0 Å². The normalized spacial score (nSPS) is 13.2. The first-order valence-electron chi connectivity index (χ1n) is 28.2. The summed E-state index contributed by atoms with van der Waals surface area (Å²) in [5.74, 6) is 0. The Hall–Kier alpha value is -7.90. The monoisotopic (exact) mass is 1040 g/mol. The van der Waals surface area contributed by atoms with Crippen molar-refractivity contribution < 1.29 is 0 Å². The maximum absolute atomic E-state index is 2.74. The third-order valence-electron chi connectivity index (χ3n) is 17.1. The number of thiophene rings is 2. The van der Waals surface area contributed by atoms with Crippen LogP contribution >= 0.6 is 22.7 Å². The third kappa shape index (κ3) is 7.36. The predicted octanol–water partition coefficient (Wildman–Crippen LogP) is 19.3. The van der Waals surface area contributed by atoms with Crippen LogP contribution in [0.4, 0.5) is 34.1 Å². The summed E-state index contributed by atoms with van der Waals surface area (Å²) in [6.07, 6.45) is 6.47. The number of fused-ring (bicyclic) bond motifs is 13. The number of rotatable bonds is 10. The summed E-state index contributed by atoms with van der Waals surface area (Å²) in [4.78, 5) is 5.46. The molecule has 6 heteroatoms. The van der Waals surface area contributed by atoms with Gasteiger partial charge in [0, 0.05) is 90.9 Å². The van der Waals surface area contributed by atoms with Crippen molar-refractivity contribution in [3.05, 3.63) is 217 Å². The largest absolute Gasteiger partial charge is 0.311 e. The van der Waals surface area contributed by atoms with E-state index in [0.717, 1.165) is 44.2 Å². The summed E-state index contributed by atoms with van der Waals surface area (Å²) in [5, 5.41) is 7.85. The molecule has 0 saturated carbocycles. The highest BCUT2D eigenvalue weighted by Gasteiger charge is 2.45. The second-order valence-electron chi connectivity index (χ2n) is 22.9. The number of aromatic nitrogens is 1. The van der Waals surface area contributed by atoms with E-state index >= 15 is 0 Å². The van der Waals surface area contributed by atoms with Crippen molar-refractivity contribution in [2.24, 2.45) is 0 Å². The van der Waals surface area contributed by atoms with Gasteiger partial charge in [-0.2, -0.15) is 0 Å². The number of anilines is 6. The molecular weight excluding hydrogens is 982 g/mol. The second-order valence-corrected chi connectivity index (χ2v) is 25.1. The Bertz CT molecular complexity index is 4500. The Morgan fingerprint density at radius 1 is 0.397 bits per heavy atom. The molecule has 0 amide bonds. The van der Waals surface area contributed by atoms with Gasteiger partial charge in [0.05, 0.1) is 11.0 Å². The summed E-state index contributed by atoms with van der Waals surface area (Å²) < 4.78 is 7.90. The fourth-order valence-electron chi connectivity index (χ4n) is 13.2. The average molecular weight is 1040 g/mol. The number of unbranched alkanes of at least 4 members (excludes halogenated alkanes) is 2. The Labute approximate surface area is 465 Å². The molecule has 0 fully saturated rings. The highest BCUT2D eigenvalue weighted by atomic mass is 32.1. The molecular formula is C72H60BN3S2. The van der Waals surface area contributed by atoms with Gasteiger partial charge >= 0.3 is 0 Å². The number of hydrogen-bond donors (Lipinski definition) is 0. The van der Waals surface area contributed by atoms with E-state index in [4.69, 9.17) is 0 Å². The van der Waals surface area contributed by atoms with Crippen LogP contribution in [0, 0.1) is 0 Å². The van der Waals surface area contributed by atoms with Crippen LogP contribution in [0.2, 0.25) is 0 Å². The number of benzene rings is 10. The second kappa shape index (κ2) is 18.4. The quantitative estimate of drug-likeness (QED) is 0.127. The van der Waals surface area contributed by atoms with Gasteiger partial charge in [-0.05, 0) is 154 Å². The third-order valence-corrected chi connectivity index (χ3v) is 19.4. The molecule has 378 valence electrons. The topological polar surface area (TPSA) is 11.4 Å². The van der Waals surface area contributed by atoms with Crippen LogP contribution in [0.1, 0.15) is 77.0 Å². The van der Waals surface area contributed by atoms with Crippen LogP contribution in [-0.4, -0.2) is 11.3 Å². The molecule has 2 aliphatic heterocycles. The molecule has 0 radical (unpaired) electrons. The lowest BCUT2D eigenvalue weighted by molar-refractivity contribution is 0.590. The first-order valence-corrected chi connectivity index (χ1v) is 29.9. The maximum Gasteiger partial charge on any atom is 0.252 e. The molecule has 0 spiro atoms. The van der Waals surface area contributed by atoms with Gasteiger partial charge in [-0.1, -0.05) is 169 Å². The molecule has 0 atom stereocenters. The SMILES string of the molecule is CCCCc1cc2sc3ccccc3c2cc1N1c2ccc(-c3ccccc3)cc2B2c3ccc(-n4c5ccccc5c5ccccc54)cc3N(c3cc4c(cc3CCCC)sc3ccccc34)c3cc(C(C)(C)C)cc1c32. The van der Waals surface area contributed by atoms with E-state index in [1.165, 1.54) is 140 Å². The van der Waals surface area contributed by atoms with E-state index in [1.807, 2.05) is 22.7 Å². The average Bonchev–Trinajstić information content (AvgIpc) is 3.45. The van der Waals surface area contributed by atoms with E-state index < -0.39 is 0 Å². The fraction of sp³-hybridized carbons (Fsp3) is 0.167. The molecule has 13 aromatic rings. The van der Waals surface area contributed by atoms with Crippen molar-refractivity contribution in [1.29, 1.82) is 0 Å². The molecule has 78 heavy (non-hydrogen) atoms. The summed E-state index contributed by atoms with van der Waals surface area (Å²) in [6, 6.07) is 77.3. The number of aryl methyl sites for hydroxylation is 2. The fourth-order valence-corrected chi connectivity index (χ4v) is 15.5. The first kappa shape index (κ1) is 47.3. The molecule has 0 saturated heterocycles. The van der Waals surface area contributed by atoms with Crippen LogP contribution in [0.5, 0.6) is 0 Å². The Kier molecular flexibility index (Phi) is 11.1. The van der Waals surface area contributed by atoms with Crippen LogP contribution in [-0.2, 0) is 18.3 Å². The molecule has 0 N–H and O–H groups in total. The molecule has 0 bridgehead atoms. The van der Waals surface area contributed by atoms with E-state index in [1.54, 1.807) is 0 Å². The van der Waals surface area contributed by atoms with Crippen LogP contribution < -0.4 is 26.2 Å². The van der Waals surface area contributed by atoms with E-state index in [2.05, 4.69) is 249 Å². The number of para-hydroxylation sites is 2. The van der Waals surface area contributed by atoms with Crippen molar-refractivity contribution in [3.63, 3.8) is 0 Å². The highest BCUT2D eigenvalue weighted by molar-refractivity contribution is 7.26. The van der Waals surface area contributed by atoms with Crippen molar-refractivity contribution >= 4 is 142 Å². The molecule has 10 aromatic carbocycles.